The van der Waals surface area contributed by atoms with Gasteiger partial charge in [0.15, 0.2) is 17.5 Å². The van der Waals surface area contributed by atoms with E-state index in [1.165, 1.54) is 44.1 Å². The van der Waals surface area contributed by atoms with Crippen LogP contribution in [0.5, 0.6) is 11.5 Å². The van der Waals surface area contributed by atoms with Gasteiger partial charge in [0.2, 0.25) is 0 Å². The molecule has 26 heavy (non-hydrogen) atoms. The number of aliphatic imine (C=N–C) groups is 1. The first kappa shape index (κ1) is 22.9. The number of methoxy groups -OCH3 is 1. The van der Waals surface area contributed by atoms with Crippen molar-refractivity contribution in [2.75, 3.05) is 20.3 Å². The summed E-state index contributed by atoms with van der Waals surface area (Å²) in [5.41, 5.74) is 7.27. The third-order valence-electron chi connectivity index (χ3n) is 4.64. The van der Waals surface area contributed by atoms with Crippen molar-refractivity contribution in [1.82, 2.24) is 5.32 Å². The molecule has 1 aromatic rings. The molecule has 0 heterocycles. The van der Waals surface area contributed by atoms with Crippen LogP contribution in [0, 0.1) is 0 Å². The molecule has 0 radical (unpaired) electrons. The number of hydrogen-bond acceptors (Lipinski definition) is 3. The Kier molecular flexibility index (Phi) is 11.5. The third kappa shape index (κ3) is 8.01. The molecule has 6 heteroatoms. The molecule has 3 N–H and O–H groups in total. The van der Waals surface area contributed by atoms with E-state index in [4.69, 9.17) is 15.2 Å². The molecule has 1 fully saturated rings. The number of nitrogens with zero attached hydrogens (tertiary/aromatic N) is 1. The fourth-order valence-electron chi connectivity index (χ4n) is 3.31. The van der Waals surface area contributed by atoms with Crippen molar-refractivity contribution in [2.45, 2.75) is 64.3 Å². The molecule has 2 rings (SSSR count). The second kappa shape index (κ2) is 13.1. The van der Waals surface area contributed by atoms with E-state index in [2.05, 4.69) is 22.4 Å². The van der Waals surface area contributed by atoms with Crippen molar-refractivity contribution >= 4 is 29.9 Å². The van der Waals surface area contributed by atoms with Gasteiger partial charge in [-0.15, -0.1) is 24.0 Å². The first-order valence-corrected chi connectivity index (χ1v) is 9.59. The molecular weight excluding hydrogens is 441 g/mol. The number of benzene rings is 1. The van der Waals surface area contributed by atoms with Gasteiger partial charge in [-0.1, -0.05) is 31.7 Å². The number of ether oxygens (including phenoxy) is 2. The molecule has 0 aromatic heterocycles. The lowest BCUT2D eigenvalue weighted by atomic mass is 10.1. The Morgan fingerprint density at radius 1 is 1.19 bits per heavy atom. The number of nitrogens with one attached hydrogen (secondary N) is 1. The minimum atomic E-state index is 0. The van der Waals surface area contributed by atoms with Gasteiger partial charge in [-0.05, 0) is 50.3 Å². The first-order valence-electron chi connectivity index (χ1n) is 9.59. The van der Waals surface area contributed by atoms with Gasteiger partial charge >= 0.3 is 0 Å². The molecule has 0 amide bonds. The third-order valence-corrected chi connectivity index (χ3v) is 4.64. The molecular formula is C20H34IN3O2. The van der Waals surface area contributed by atoms with Crippen LogP contribution in [-0.4, -0.2) is 32.3 Å². The van der Waals surface area contributed by atoms with E-state index in [1.807, 2.05) is 13.0 Å². The largest absolute Gasteiger partial charge is 0.493 e. The molecule has 0 bridgehead atoms. The predicted molar refractivity (Wildman–Crippen MR) is 119 cm³/mol. The van der Waals surface area contributed by atoms with Crippen LogP contribution in [0.25, 0.3) is 0 Å². The summed E-state index contributed by atoms with van der Waals surface area (Å²) in [6.07, 6.45) is 9.62. The van der Waals surface area contributed by atoms with Crippen molar-refractivity contribution in [2.24, 2.45) is 10.7 Å². The Labute approximate surface area is 175 Å². The highest BCUT2D eigenvalue weighted by atomic mass is 127. The lowest BCUT2D eigenvalue weighted by Gasteiger charge is -2.16. The summed E-state index contributed by atoms with van der Waals surface area (Å²) in [5, 5.41) is 3.39. The smallest absolute Gasteiger partial charge is 0.188 e. The molecule has 1 aliphatic carbocycles. The molecule has 1 aromatic carbocycles. The van der Waals surface area contributed by atoms with Gasteiger partial charge in [0.1, 0.15) is 0 Å². The van der Waals surface area contributed by atoms with E-state index in [1.54, 1.807) is 7.11 Å². The Morgan fingerprint density at radius 3 is 2.58 bits per heavy atom. The van der Waals surface area contributed by atoms with Crippen LogP contribution in [-0.2, 0) is 6.42 Å². The topological polar surface area (TPSA) is 68.9 Å². The Bertz CT molecular complexity index is 544. The van der Waals surface area contributed by atoms with Crippen LogP contribution in [0.3, 0.4) is 0 Å². The zero-order chi connectivity index (χ0) is 17.9. The number of halogens is 1. The maximum absolute atomic E-state index is 6.04. The fourth-order valence-corrected chi connectivity index (χ4v) is 3.31. The van der Waals surface area contributed by atoms with Gasteiger partial charge in [0, 0.05) is 12.6 Å². The highest BCUT2D eigenvalue weighted by Gasteiger charge is 2.12. The first-order chi connectivity index (χ1) is 12.2. The maximum Gasteiger partial charge on any atom is 0.188 e. The van der Waals surface area contributed by atoms with Crippen molar-refractivity contribution in [3.63, 3.8) is 0 Å². The Morgan fingerprint density at radius 2 is 1.92 bits per heavy atom. The second-order valence-electron chi connectivity index (χ2n) is 6.62. The highest BCUT2D eigenvalue weighted by molar-refractivity contribution is 14.0. The Balaban J connectivity index is 0.00000338. The highest BCUT2D eigenvalue weighted by Crippen LogP contribution is 2.28. The molecule has 5 nitrogen and oxygen atoms in total. The minimum Gasteiger partial charge on any atom is -0.493 e. The second-order valence-corrected chi connectivity index (χ2v) is 6.62. The monoisotopic (exact) mass is 475 g/mol. The standard InChI is InChI=1S/C20H33N3O2.HI/c1-3-25-19-15-16(12-13-18(19)24-2)9-8-14-22-20(21)23-17-10-6-4-5-7-11-17;/h12-13,15,17H,3-11,14H2,1-2H3,(H3,21,22,23);1H. The van der Waals surface area contributed by atoms with Crippen LogP contribution in [0.15, 0.2) is 23.2 Å². The van der Waals surface area contributed by atoms with Crippen LogP contribution >= 0.6 is 24.0 Å². The zero-order valence-electron chi connectivity index (χ0n) is 16.1. The molecule has 0 unspecified atom stereocenters. The van der Waals surface area contributed by atoms with Crippen molar-refractivity contribution in [1.29, 1.82) is 0 Å². The van der Waals surface area contributed by atoms with E-state index in [0.29, 0.717) is 18.6 Å². The summed E-state index contributed by atoms with van der Waals surface area (Å²) >= 11 is 0. The minimum absolute atomic E-state index is 0. The summed E-state index contributed by atoms with van der Waals surface area (Å²) in [6, 6.07) is 6.60. The lowest BCUT2D eigenvalue weighted by molar-refractivity contribution is 0.310. The number of hydrogen-bond donors (Lipinski definition) is 2. The molecule has 0 aliphatic heterocycles. The number of aryl methyl sites for hydroxylation is 1. The summed E-state index contributed by atoms with van der Waals surface area (Å²) in [4.78, 5) is 4.48. The quantitative estimate of drug-likeness (QED) is 0.194. The molecule has 0 saturated heterocycles. The Hall–Kier alpha value is -1.18. The molecule has 0 atom stereocenters. The normalized spacial score (nSPS) is 15.7. The van der Waals surface area contributed by atoms with Gasteiger partial charge in [0.05, 0.1) is 13.7 Å². The summed E-state index contributed by atoms with van der Waals surface area (Å²) in [7, 11) is 1.66. The summed E-state index contributed by atoms with van der Waals surface area (Å²) in [6.45, 7) is 3.35. The summed E-state index contributed by atoms with van der Waals surface area (Å²) < 4.78 is 10.9. The molecule has 1 aliphatic rings. The van der Waals surface area contributed by atoms with E-state index < -0.39 is 0 Å². The van der Waals surface area contributed by atoms with E-state index in [-0.39, 0.29) is 24.0 Å². The van der Waals surface area contributed by atoms with Crippen LogP contribution < -0.4 is 20.5 Å². The van der Waals surface area contributed by atoms with Gasteiger partial charge in [-0.3, -0.25) is 4.99 Å². The van der Waals surface area contributed by atoms with Crippen molar-refractivity contribution < 1.29 is 9.47 Å². The summed E-state index contributed by atoms with van der Waals surface area (Å²) in [5.74, 6) is 2.18. The average molecular weight is 475 g/mol. The van der Waals surface area contributed by atoms with E-state index in [9.17, 15) is 0 Å². The van der Waals surface area contributed by atoms with Crippen molar-refractivity contribution in [3.8, 4) is 11.5 Å². The number of nitrogens with two attached hydrogens (primary N) is 1. The van der Waals surface area contributed by atoms with Crippen LogP contribution in [0.2, 0.25) is 0 Å². The van der Waals surface area contributed by atoms with Crippen LogP contribution in [0.4, 0.5) is 0 Å². The maximum atomic E-state index is 6.04. The fraction of sp³-hybridized carbons (Fsp3) is 0.650. The van der Waals surface area contributed by atoms with Gasteiger partial charge in [-0.2, -0.15) is 0 Å². The van der Waals surface area contributed by atoms with E-state index >= 15 is 0 Å². The average Bonchev–Trinajstić information content (AvgIpc) is 2.88. The van der Waals surface area contributed by atoms with E-state index in [0.717, 1.165) is 30.9 Å². The van der Waals surface area contributed by atoms with Gasteiger partial charge in [0.25, 0.3) is 0 Å². The zero-order valence-corrected chi connectivity index (χ0v) is 18.5. The predicted octanol–water partition coefficient (Wildman–Crippen LogP) is 4.27. The van der Waals surface area contributed by atoms with Gasteiger partial charge < -0.3 is 20.5 Å². The number of guanidine groups is 1. The lowest BCUT2D eigenvalue weighted by Crippen LogP contribution is -2.39. The molecule has 1 saturated carbocycles. The SMILES string of the molecule is CCOc1cc(CCCN=C(N)NC2CCCCCC2)ccc1OC.I. The van der Waals surface area contributed by atoms with Crippen molar-refractivity contribution in [3.05, 3.63) is 23.8 Å². The van der Waals surface area contributed by atoms with Gasteiger partial charge in [-0.25, -0.2) is 0 Å². The molecule has 148 valence electrons. The number of rotatable bonds is 8. The molecule has 0 spiro atoms. The van der Waals surface area contributed by atoms with Crippen LogP contribution in [0.1, 0.15) is 57.4 Å².